The Morgan fingerprint density at radius 3 is 2.41 bits per heavy atom. The molecule has 0 saturated carbocycles. The molecule has 3 rings (SSSR count). The van der Waals surface area contributed by atoms with Crippen molar-refractivity contribution in [1.29, 1.82) is 0 Å². The molecule has 1 aromatic carbocycles. The molecule has 5 nitrogen and oxygen atoms in total. The van der Waals surface area contributed by atoms with Gasteiger partial charge in [-0.1, -0.05) is 43.3 Å². The number of aromatic hydroxyl groups is 2. The summed E-state index contributed by atoms with van der Waals surface area (Å²) in [7, 11) is 2.19. The van der Waals surface area contributed by atoms with Crippen LogP contribution in [0.1, 0.15) is 25.0 Å². The van der Waals surface area contributed by atoms with Crippen molar-refractivity contribution in [3.05, 3.63) is 64.5 Å². The first kappa shape index (κ1) is 20.8. The van der Waals surface area contributed by atoms with E-state index in [0.717, 1.165) is 6.07 Å². The first-order chi connectivity index (χ1) is 12.8. The summed E-state index contributed by atoms with van der Waals surface area (Å²) in [6, 6.07) is 3.50. The van der Waals surface area contributed by atoms with E-state index < -0.39 is 5.43 Å². The molecule has 0 aliphatic carbocycles. The molecule has 6 heteroatoms. The Balaban J connectivity index is 0.000000313. The van der Waals surface area contributed by atoms with Crippen LogP contribution in [0.3, 0.4) is 0 Å². The molecular weight excluding hydrogens is 366 g/mol. The molecule has 1 aliphatic rings. The van der Waals surface area contributed by atoms with Crippen LogP contribution in [-0.2, 0) is 0 Å². The predicted molar refractivity (Wildman–Crippen MR) is 110 cm³/mol. The average Bonchev–Trinajstić information content (AvgIpc) is 2.59. The molecular formula is C21H24ClNO4. The van der Waals surface area contributed by atoms with Gasteiger partial charge >= 0.3 is 0 Å². The summed E-state index contributed by atoms with van der Waals surface area (Å²) in [6.07, 6.45) is 7.30. The molecule has 1 aliphatic heterocycles. The topological polar surface area (TPSA) is 73.9 Å². The van der Waals surface area contributed by atoms with Crippen LogP contribution in [0.5, 0.6) is 11.5 Å². The highest BCUT2D eigenvalue weighted by atomic mass is 35.5. The molecule has 0 radical (unpaired) electrons. The molecule has 1 aromatic heterocycles. The summed E-state index contributed by atoms with van der Waals surface area (Å²) >= 11 is 5.85. The van der Waals surface area contributed by atoms with E-state index in [0.29, 0.717) is 5.57 Å². The van der Waals surface area contributed by atoms with Crippen molar-refractivity contribution in [3.63, 3.8) is 0 Å². The number of halogens is 1. The molecule has 0 spiro atoms. The van der Waals surface area contributed by atoms with Gasteiger partial charge in [-0.3, -0.25) is 4.79 Å². The minimum Gasteiger partial charge on any atom is -0.508 e. The molecule has 144 valence electrons. The number of hydrogen-bond donors (Lipinski definition) is 2. The Morgan fingerprint density at radius 2 is 1.89 bits per heavy atom. The quantitative estimate of drug-likeness (QED) is 0.749. The summed E-state index contributed by atoms with van der Waals surface area (Å²) in [6.45, 7) is 9.77. The fourth-order valence-electron chi connectivity index (χ4n) is 2.86. The Morgan fingerprint density at radius 1 is 1.22 bits per heavy atom. The maximum absolute atomic E-state index is 12.0. The van der Waals surface area contributed by atoms with Gasteiger partial charge in [0.25, 0.3) is 0 Å². The number of nitrogens with zero attached hydrogens (tertiary/aromatic N) is 1. The first-order valence-corrected chi connectivity index (χ1v) is 9.07. The summed E-state index contributed by atoms with van der Waals surface area (Å²) < 4.78 is 5.50. The van der Waals surface area contributed by atoms with Gasteiger partial charge in [0.1, 0.15) is 28.2 Å². The number of allylic oxidation sites excluding steroid dienone is 4. The molecule has 2 heterocycles. The summed E-state index contributed by atoms with van der Waals surface area (Å²) in [5.41, 5.74) is -0.00647. The number of phenols is 2. The zero-order valence-corrected chi connectivity index (χ0v) is 16.1. The third-order valence-electron chi connectivity index (χ3n) is 4.22. The lowest BCUT2D eigenvalue weighted by molar-refractivity contribution is 0.277. The van der Waals surface area contributed by atoms with Gasteiger partial charge in [0.05, 0.1) is 0 Å². The second-order valence-corrected chi connectivity index (χ2v) is 6.85. The molecule has 0 atom stereocenters. The van der Waals surface area contributed by atoms with Crippen molar-refractivity contribution in [2.24, 2.45) is 0 Å². The van der Waals surface area contributed by atoms with Gasteiger partial charge in [0, 0.05) is 28.8 Å². The lowest BCUT2D eigenvalue weighted by Gasteiger charge is -2.20. The fraction of sp³-hybridized carbons (Fsp3) is 0.286. The van der Waals surface area contributed by atoms with Gasteiger partial charge in [-0.15, -0.1) is 0 Å². The number of phenolic OH excluding ortho intramolecular Hbond substituents is 2. The molecule has 0 unspecified atom stereocenters. The zero-order valence-electron chi connectivity index (χ0n) is 15.4. The predicted octanol–water partition coefficient (Wildman–Crippen LogP) is 4.63. The van der Waals surface area contributed by atoms with Crippen molar-refractivity contribution in [2.75, 3.05) is 20.1 Å². The van der Waals surface area contributed by atoms with Crippen molar-refractivity contribution in [2.45, 2.75) is 19.3 Å². The largest absolute Gasteiger partial charge is 0.508 e. The fourth-order valence-corrected chi connectivity index (χ4v) is 3.02. The zero-order chi connectivity index (χ0) is 20.0. The maximum Gasteiger partial charge on any atom is 0.197 e. The van der Waals surface area contributed by atoms with Crippen LogP contribution in [0, 0.1) is 0 Å². The van der Waals surface area contributed by atoms with Crippen LogP contribution < -0.4 is 5.43 Å². The Kier molecular flexibility index (Phi) is 7.28. The van der Waals surface area contributed by atoms with E-state index in [1.807, 2.05) is 0 Å². The third-order valence-corrected chi connectivity index (χ3v) is 4.42. The van der Waals surface area contributed by atoms with Gasteiger partial charge in [-0.25, -0.2) is 0 Å². The molecule has 2 N–H and O–H groups in total. The molecule has 1 saturated heterocycles. The second-order valence-electron chi connectivity index (χ2n) is 6.40. The smallest absolute Gasteiger partial charge is 0.197 e. The SMILES string of the molecule is C=C/C=C(\C(=C)Cl)c1cc(=O)c2c(O)cc(O)cc2o1.CN1CCCCC1. The highest BCUT2D eigenvalue weighted by Crippen LogP contribution is 2.31. The van der Waals surface area contributed by atoms with E-state index in [2.05, 4.69) is 25.1 Å². The monoisotopic (exact) mass is 389 g/mol. The van der Waals surface area contributed by atoms with Crippen molar-refractivity contribution in [1.82, 2.24) is 4.90 Å². The molecule has 2 aromatic rings. The lowest BCUT2D eigenvalue weighted by Crippen LogP contribution is -2.24. The van der Waals surface area contributed by atoms with Crippen LogP contribution in [-0.4, -0.2) is 35.3 Å². The number of rotatable bonds is 3. The first-order valence-electron chi connectivity index (χ1n) is 8.69. The third kappa shape index (κ3) is 5.49. The summed E-state index contributed by atoms with van der Waals surface area (Å²) in [5, 5.41) is 19.3. The summed E-state index contributed by atoms with van der Waals surface area (Å²) in [5.74, 6) is -0.388. The van der Waals surface area contributed by atoms with Gasteiger partial charge in [-0.2, -0.15) is 0 Å². The average molecular weight is 390 g/mol. The van der Waals surface area contributed by atoms with E-state index in [9.17, 15) is 15.0 Å². The van der Waals surface area contributed by atoms with E-state index in [4.69, 9.17) is 16.0 Å². The molecule has 1 fully saturated rings. The lowest BCUT2D eigenvalue weighted by atomic mass is 10.1. The minimum atomic E-state index is -0.452. The number of piperidine rings is 1. The molecule has 0 bridgehead atoms. The van der Waals surface area contributed by atoms with Gasteiger partial charge in [0.2, 0.25) is 0 Å². The van der Waals surface area contributed by atoms with Crippen LogP contribution in [0.25, 0.3) is 16.5 Å². The number of fused-ring (bicyclic) bond motifs is 1. The minimum absolute atomic E-state index is 0.00955. The van der Waals surface area contributed by atoms with Crippen LogP contribution in [0.2, 0.25) is 0 Å². The number of benzene rings is 1. The van der Waals surface area contributed by atoms with Crippen LogP contribution >= 0.6 is 11.6 Å². The highest BCUT2D eigenvalue weighted by Gasteiger charge is 2.14. The van der Waals surface area contributed by atoms with E-state index in [1.165, 1.54) is 50.6 Å². The van der Waals surface area contributed by atoms with Crippen molar-refractivity contribution >= 4 is 28.1 Å². The van der Waals surface area contributed by atoms with E-state index in [-0.39, 0.29) is 33.3 Å². The molecule has 27 heavy (non-hydrogen) atoms. The normalized spacial score (nSPS) is 15.1. The molecule has 0 amide bonds. The van der Waals surface area contributed by atoms with E-state index >= 15 is 0 Å². The Labute approximate surface area is 163 Å². The number of likely N-dealkylation sites (tertiary alicyclic amines) is 1. The van der Waals surface area contributed by atoms with E-state index in [1.54, 1.807) is 6.08 Å². The van der Waals surface area contributed by atoms with Crippen LogP contribution in [0.4, 0.5) is 0 Å². The Bertz CT molecular complexity index is 924. The van der Waals surface area contributed by atoms with Crippen molar-refractivity contribution in [3.8, 4) is 11.5 Å². The van der Waals surface area contributed by atoms with Gasteiger partial charge in [-0.05, 0) is 33.0 Å². The standard InChI is InChI=1S/C15H11ClO4.C6H13N/c1-3-4-10(8(2)16)13-7-12(19)15-11(18)5-9(17)6-14(15)20-13;1-7-5-3-2-4-6-7/h3-7,17-18H,1-2H2;2-6H2,1H3/b10-4+;. The Hall–Kier alpha value is -2.50. The second kappa shape index (κ2) is 9.44. The van der Waals surface area contributed by atoms with Gasteiger partial charge < -0.3 is 19.5 Å². The summed E-state index contributed by atoms with van der Waals surface area (Å²) in [4.78, 5) is 14.4. The van der Waals surface area contributed by atoms with Crippen molar-refractivity contribution < 1.29 is 14.6 Å². The number of hydrogen-bond acceptors (Lipinski definition) is 5. The maximum atomic E-state index is 12.0. The highest BCUT2D eigenvalue weighted by molar-refractivity contribution is 6.36. The van der Waals surface area contributed by atoms with Gasteiger partial charge in [0.15, 0.2) is 5.43 Å². The van der Waals surface area contributed by atoms with Crippen LogP contribution in [0.15, 0.2) is 57.8 Å².